The van der Waals surface area contributed by atoms with E-state index in [-0.39, 0.29) is 18.2 Å². The van der Waals surface area contributed by atoms with E-state index in [0.29, 0.717) is 46.4 Å². The fourth-order valence-corrected chi connectivity index (χ4v) is 3.95. The molecule has 0 saturated carbocycles. The number of aryl methyl sites for hydroxylation is 1. The number of hydrogen-bond donors (Lipinski definition) is 2. The van der Waals surface area contributed by atoms with Crippen LogP contribution in [0.15, 0.2) is 59.1 Å². The van der Waals surface area contributed by atoms with Gasteiger partial charge in [-0.05, 0) is 36.2 Å². The van der Waals surface area contributed by atoms with Crippen molar-refractivity contribution in [1.82, 2.24) is 0 Å². The van der Waals surface area contributed by atoms with Gasteiger partial charge < -0.3 is 29.6 Å². The van der Waals surface area contributed by atoms with Crippen LogP contribution in [0.5, 0.6) is 23.0 Å². The van der Waals surface area contributed by atoms with Gasteiger partial charge in [0.05, 0.1) is 39.8 Å². The molecular weight excluding hydrogens is 516 g/mol. The predicted molar refractivity (Wildman–Crippen MR) is 138 cm³/mol. The maximum atomic E-state index is 12.7. The van der Waals surface area contributed by atoms with Crippen molar-refractivity contribution >= 4 is 39.1 Å². The Morgan fingerprint density at radius 1 is 0.743 bits per heavy atom. The molecule has 0 heterocycles. The minimum absolute atomic E-state index is 0.214. The number of ether oxygens (including phenoxy) is 4. The van der Waals surface area contributed by atoms with Crippen molar-refractivity contribution in [2.45, 2.75) is 12.8 Å². The molecule has 0 bridgehead atoms. The lowest BCUT2D eigenvalue weighted by Gasteiger charge is -2.16. The third-order valence-corrected chi connectivity index (χ3v) is 5.99. The Balaban J connectivity index is 1.74. The van der Waals surface area contributed by atoms with Crippen LogP contribution in [0.3, 0.4) is 0 Å². The summed E-state index contributed by atoms with van der Waals surface area (Å²) >= 11 is 3.52. The quantitative estimate of drug-likeness (QED) is 0.360. The first-order valence-corrected chi connectivity index (χ1v) is 11.5. The van der Waals surface area contributed by atoms with Gasteiger partial charge in [-0.2, -0.15) is 0 Å². The van der Waals surface area contributed by atoms with E-state index >= 15 is 0 Å². The van der Waals surface area contributed by atoms with Crippen molar-refractivity contribution in [2.24, 2.45) is 0 Å². The zero-order valence-corrected chi connectivity index (χ0v) is 21.5. The first kappa shape index (κ1) is 25.9. The SMILES string of the molecule is COc1cc(NC(=O)c2ccccc2)c(OC)cc1NC(=O)CCc1cc(OC)c(OC)cc1Br. The molecule has 0 aliphatic carbocycles. The molecule has 3 aromatic carbocycles. The van der Waals surface area contributed by atoms with Crippen LogP contribution in [0, 0.1) is 0 Å². The van der Waals surface area contributed by atoms with E-state index in [0.717, 1.165) is 10.0 Å². The van der Waals surface area contributed by atoms with Gasteiger partial charge in [-0.15, -0.1) is 0 Å². The number of hydrogen-bond acceptors (Lipinski definition) is 6. The second-order valence-electron chi connectivity index (χ2n) is 7.42. The number of carbonyl (C=O) groups is 2. The highest BCUT2D eigenvalue weighted by Gasteiger charge is 2.17. The normalized spacial score (nSPS) is 10.3. The van der Waals surface area contributed by atoms with Crippen molar-refractivity contribution < 1.29 is 28.5 Å². The largest absolute Gasteiger partial charge is 0.494 e. The van der Waals surface area contributed by atoms with Crippen molar-refractivity contribution in [3.8, 4) is 23.0 Å². The molecule has 0 spiro atoms. The van der Waals surface area contributed by atoms with Gasteiger partial charge in [0.1, 0.15) is 11.5 Å². The maximum Gasteiger partial charge on any atom is 0.255 e. The zero-order chi connectivity index (χ0) is 25.4. The minimum atomic E-state index is -0.289. The molecule has 0 atom stereocenters. The molecule has 35 heavy (non-hydrogen) atoms. The van der Waals surface area contributed by atoms with Gasteiger partial charge in [0, 0.05) is 28.6 Å². The standard InChI is InChI=1S/C26H27BrN2O6/c1-32-21-15-20(29-26(31)16-8-6-5-7-9-16)22(33-2)14-19(21)28-25(30)11-10-17-12-23(34-3)24(35-4)13-18(17)27/h5-9,12-15H,10-11H2,1-4H3,(H,28,30)(H,29,31). The maximum absolute atomic E-state index is 12.7. The molecule has 0 radical (unpaired) electrons. The number of amides is 2. The summed E-state index contributed by atoms with van der Waals surface area (Å²) in [5.74, 6) is 1.45. The molecule has 3 aromatic rings. The van der Waals surface area contributed by atoms with E-state index in [9.17, 15) is 9.59 Å². The molecule has 184 valence electrons. The van der Waals surface area contributed by atoms with Crippen LogP contribution in [-0.4, -0.2) is 40.3 Å². The fraction of sp³-hybridized carbons (Fsp3) is 0.231. The average molecular weight is 543 g/mol. The Labute approximate surface area is 212 Å². The van der Waals surface area contributed by atoms with Crippen LogP contribution in [0.2, 0.25) is 0 Å². The molecule has 2 amide bonds. The number of methoxy groups -OCH3 is 4. The molecule has 0 aromatic heterocycles. The Bertz CT molecular complexity index is 1200. The van der Waals surface area contributed by atoms with Crippen molar-refractivity contribution in [3.63, 3.8) is 0 Å². The molecule has 0 aliphatic rings. The number of nitrogens with one attached hydrogen (secondary N) is 2. The van der Waals surface area contributed by atoms with Crippen LogP contribution >= 0.6 is 15.9 Å². The van der Waals surface area contributed by atoms with Gasteiger partial charge in [0.2, 0.25) is 5.91 Å². The van der Waals surface area contributed by atoms with Gasteiger partial charge in [0.15, 0.2) is 11.5 Å². The smallest absolute Gasteiger partial charge is 0.255 e. The second kappa shape index (κ2) is 12.1. The summed E-state index contributed by atoms with van der Waals surface area (Å²) in [6.07, 6.45) is 0.684. The number of anilines is 2. The van der Waals surface area contributed by atoms with Crippen molar-refractivity contribution in [3.05, 3.63) is 70.2 Å². The van der Waals surface area contributed by atoms with Crippen molar-refractivity contribution in [1.29, 1.82) is 0 Å². The summed E-state index contributed by atoms with van der Waals surface area (Å²) in [6.45, 7) is 0. The highest BCUT2D eigenvalue weighted by molar-refractivity contribution is 9.10. The first-order valence-electron chi connectivity index (χ1n) is 10.7. The number of carbonyl (C=O) groups excluding carboxylic acids is 2. The molecule has 0 saturated heterocycles. The number of rotatable bonds is 10. The zero-order valence-electron chi connectivity index (χ0n) is 19.9. The van der Waals surface area contributed by atoms with Gasteiger partial charge >= 0.3 is 0 Å². The molecule has 8 nitrogen and oxygen atoms in total. The Morgan fingerprint density at radius 3 is 1.86 bits per heavy atom. The molecule has 3 rings (SSSR count). The lowest BCUT2D eigenvalue weighted by Crippen LogP contribution is -2.15. The van der Waals surface area contributed by atoms with E-state index in [1.807, 2.05) is 18.2 Å². The van der Waals surface area contributed by atoms with Crippen LogP contribution in [0.4, 0.5) is 11.4 Å². The highest BCUT2D eigenvalue weighted by Crippen LogP contribution is 2.37. The monoisotopic (exact) mass is 542 g/mol. The molecule has 0 unspecified atom stereocenters. The Hall–Kier alpha value is -3.72. The average Bonchev–Trinajstić information content (AvgIpc) is 2.88. The molecule has 9 heteroatoms. The van der Waals surface area contributed by atoms with E-state index < -0.39 is 0 Å². The van der Waals surface area contributed by atoms with Crippen LogP contribution in [-0.2, 0) is 11.2 Å². The summed E-state index contributed by atoms with van der Waals surface area (Å²) in [7, 11) is 6.10. The summed E-state index contributed by atoms with van der Waals surface area (Å²) in [6, 6.07) is 15.7. The second-order valence-corrected chi connectivity index (χ2v) is 8.27. The highest BCUT2D eigenvalue weighted by atomic mass is 79.9. The fourth-order valence-electron chi connectivity index (χ4n) is 3.43. The van der Waals surface area contributed by atoms with Crippen molar-refractivity contribution in [2.75, 3.05) is 39.1 Å². The third-order valence-electron chi connectivity index (χ3n) is 5.25. The third kappa shape index (κ3) is 6.45. The summed E-state index contributed by atoms with van der Waals surface area (Å²) in [4.78, 5) is 25.3. The topological polar surface area (TPSA) is 95.1 Å². The van der Waals surface area contributed by atoms with E-state index in [1.165, 1.54) is 14.2 Å². The van der Waals surface area contributed by atoms with Crippen LogP contribution in [0.1, 0.15) is 22.3 Å². The Morgan fingerprint density at radius 2 is 1.29 bits per heavy atom. The first-order chi connectivity index (χ1) is 16.9. The predicted octanol–water partition coefficient (Wildman–Crippen LogP) is 5.31. The van der Waals surface area contributed by atoms with Gasteiger partial charge in [-0.1, -0.05) is 34.1 Å². The summed E-state index contributed by atoms with van der Waals surface area (Å²) in [5, 5.41) is 5.68. The summed E-state index contributed by atoms with van der Waals surface area (Å²) < 4.78 is 22.4. The molecule has 2 N–H and O–H groups in total. The van der Waals surface area contributed by atoms with Crippen LogP contribution < -0.4 is 29.6 Å². The van der Waals surface area contributed by atoms with Gasteiger partial charge in [0.25, 0.3) is 5.91 Å². The van der Waals surface area contributed by atoms with E-state index in [1.54, 1.807) is 50.6 Å². The molecular formula is C26H27BrN2O6. The van der Waals surface area contributed by atoms with E-state index in [4.69, 9.17) is 18.9 Å². The molecule has 0 fully saturated rings. The van der Waals surface area contributed by atoms with Gasteiger partial charge in [-0.3, -0.25) is 9.59 Å². The lowest BCUT2D eigenvalue weighted by atomic mass is 10.1. The number of halogens is 1. The van der Waals surface area contributed by atoms with Gasteiger partial charge in [-0.25, -0.2) is 0 Å². The Kier molecular flexibility index (Phi) is 8.97. The lowest BCUT2D eigenvalue weighted by molar-refractivity contribution is -0.116. The summed E-state index contributed by atoms with van der Waals surface area (Å²) in [5.41, 5.74) is 2.26. The number of benzene rings is 3. The minimum Gasteiger partial charge on any atom is -0.494 e. The molecule has 0 aliphatic heterocycles. The van der Waals surface area contributed by atoms with E-state index in [2.05, 4.69) is 26.6 Å². The van der Waals surface area contributed by atoms with Crippen LogP contribution in [0.25, 0.3) is 0 Å².